The Balaban J connectivity index is 2.31. The predicted octanol–water partition coefficient (Wildman–Crippen LogP) is 2.92. The molecule has 2 N–H and O–H groups in total. The van der Waals surface area contributed by atoms with Crippen molar-refractivity contribution in [2.45, 2.75) is 59.6 Å². The minimum Gasteiger partial charge on any atom is -0.375 e. The van der Waals surface area contributed by atoms with Gasteiger partial charge in [-0.1, -0.05) is 32.9 Å². The highest BCUT2D eigenvalue weighted by molar-refractivity contribution is 7.53. The topological polar surface area (TPSA) is 111 Å². The molecule has 1 aromatic heterocycles. The van der Waals surface area contributed by atoms with Gasteiger partial charge in [0.25, 0.3) is 5.56 Å². The molecule has 0 aliphatic rings. The Labute approximate surface area is 166 Å². The van der Waals surface area contributed by atoms with Gasteiger partial charge in [0.15, 0.2) is 0 Å². The molecule has 0 spiro atoms. The molecule has 0 aliphatic heterocycles. The molecule has 28 heavy (non-hydrogen) atoms. The van der Waals surface area contributed by atoms with Crippen LogP contribution in [0.4, 0.5) is 0 Å². The zero-order valence-electron chi connectivity index (χ0n) is 17.4. The van der Waals surface area contributed by atoms with E-state index in [2.05, 4.69) is 25.8 Å². The van der Waals surface area contributed by atoms with Gasteiger partial charge in [-0.2, -0.15) is 0 Å². The molecule has 1 unspecified atom stereocenters. The molecule has 0 radical (unpaired) electrons. The van der Waals surface area contributed by atoms with Crippen LogP contribution in [0, 0.1) is 5.41 Å². The summed E-state index contributed by atoms with van der Waals surface area (Å²) in [5, 5.41) is 0. The summed E-state index contributed by atoms with van der Waals surface area (Å²) in [5.41, 5.74) is -1.10. The third-order valence-electron chi connectivity index (χ3n) is 3.73. The average molecular weight is 416 g/mol. The summed E-state index contributed by atoms with van der Waals surface area (Å²) < 4.78 is 24.3. The van der Waals surface area contributed by atoms with Crippen molar-refractivity contribution in [1.29, 1.82) is 0 Å². The average Bonchev–Trinajstić information content (AvgIpc) is 2.50. The monoisotopic (exact) mass is 416 g/mol. The van der Waals surface area contributed by atoms with Gasteiger partial charge in [0.05, 0.1) is 18.4 Å². The first-order chi connectivity index (χ1) is 12.8. The number of nitrogens with zero attached hydrogens (tertiary/aromatic N) is 1. The third kappa shape index (κ3) is 10.8. The molecule has 1 heterocycles. The van der Waals surface area contributed by atoms with E-state index in [0.29, 0.717) is 13.0 Å². The maximum Gasteiger partial charge on any atom is 0.331 e. The van der Waals surface area contributed by atoms with Gasteiger partial charge >= 0.3 is 13.3 Å². The van der Waals surface area contributed by atoms with E-state index in [-0.39, 0.29) is 30.3 Å². The number of hydrogen-bond acceptors (Lipinski definition) is 5. The Morgan fingerprint density at radius 3 is 2.46 bits per heavy atom. The summed E-state index contributed by atoms with van der Waals surface area (Å²) in [7, 11) is -3.74. The first-order valence-electron chi connectivity index (χ1n) is 9.35. The second-order valence-electron chi connectivity index (χ2n) is 8.59. The minimum atomic E-state index is -3.74. The van der Waals surface area contributed by atoms with Gasteiger partial charge in [-0.15, -0.1) is 0 Å². The van der Waals surface area contributed by atoms with Crippen molar-refractivity contribution in [3.05, 3.63) is 45.3 Å². The van der Waals surface area contributed by atoms with E-state index in [9.17, 15) is 19.0 Å². The van der Waals surface area contributed by atoms with E-state index in [1.54, 1.807) is 6.08 Å². The Morgan fingerprint density at radius 1 is 1.18 bits per heavy atom. The van der Waals surface area contributed by atoms with Crippen molar-refractivity contribution in [3.63, 3.8) is 0 Å². The molecule has 0 saturated carbocycles. The van der Waals surface area contributed by atoms with E-state index in [1.807, 2.05) is 13.8 Å². The lowest BCUT2D eigenvalue weighted by Gasteiger charge is -2.32. The molecule has 0 saturated heterocycles. The number of ether oxygens (including phenoxy) is 1. The maximum atomic E-state index is 12.0. The largest absolute Gasteiger partial charge is 0.375 e. The van der Waals surface area contributed by atoms with Crippen molar-refractivity contribution in [2.24, 2.45) is 5.41 Å². The number of aromatic amines is 1. The van der Waals surface area contributed by atoms with Gasteiger partial charge in [-0.05, 0) is 32.1 Å². The first kappa shape index (κ1) is 24.6. The highest BCUT2D eigenvalue weighted by atomic mass is 31.2. The molecular formula is C19H33N2O6P. The highest BCUT2D eigenvalue weighted by Gasteiger charge is 2.26. The standard InChI is InChI=1S/C19H33N2O6P/c1-18(2,3)15-19(4,5)26-12-8-13-27-28(24,25)14-7-6-10-21-11-9-16(22)20-17(21)23/h6-7,9,11H,8,10,12-15H2,1-5H3,(H,24,25)(H,20,22,23). The summed E-state index contributed by atoms with van der Waals surface area (Å²) >= 11 is 0. The van der Waals surface area contributed by atoms with Gasteiger partial charge in [0.2, 0.25) is 0 Å². The molecule has 0 fully saturated rings. The summed E-state index contributed by atoms with van der Waals surface area (Å²) in [4.78, 5) is 34.5. The van der Waals surface area contributed by atoms with Gasteiger partial charge in [-0.3, -0.25) is 18.9 Å². The molecule has 0 amide bonds. The van der Waals surface area contributed by atoms with E-state index in [1.165, 1.54) is 22.9 Å². The lowest BCUT2D eigenvalue weighted by Crippen LogP contribution is -2.30. The first-order valence-corrected chi connectivity index (χ1v) is 11.1. The molecule has 8 nitrogen and oxygen atoms in total. The van der Waals surface area contributed by atoms with Gasteiger partial charge in [0.1, 0.15) is 0 Å². The van der Waals surface area contributed by atoms with Crippen molar-refractivity contribution >= 4 is 7.60 Å². The summed E-state index contributed by atoms with van der Waals surface area (Å²) in [6, 6.07) is 1.24. The molecule has 9 heteroatoms. The Hall–Kier alpha value is -1.47. The molecular weight excluding hydrogens is 383 g/mol. The number of nitrogens with one attached hydrogen (secondary N) is 1. The van der Waals surface area contributed by atoms with Crippen molar-refractivity contribution < 1.29 is 18.7 Å². The molecule has 1 atom stereocenters. The second-order valence-corrected chi connectivity index (χ2v) is 10.5. The summed E-state index contributed by atoms with van der Waals surface area (Å²) in [5.74, 6) is 0. The fourth-order valence-corrected chi connectivity index (χ4v) is 3.91. The summed E-state index contributed by atoms with van der Waals surface area (Å²) in [6.45, 7) is 11.3. The zero-order valence-corrected chi connectivity index (χ0v) is 18.3. The zero-order chi connectivity index (χ0) is 21.4. The van der Waals surface area contributed by atoms with Crippen LogP contribution < -0.4 is 11.2 Å². The quantitative estimate of drug-likeness (QED) is 0.326. The second kappa shape index (κ2) is 10.3. The lowest BCUT2D eigenvalue weighted by molar-refractivity contribution is -0.0465. The van der Waals surface area contributed by atoms with Gasteiger partial charge in [0, 0.05) is 25.4 Å². The van der Waals surface area contributed by atoms with Crippen LogP contribution in [0.2, 0.25) is 0 Å². The molecule has 1 rings (SSSR count). The third-order valence-corrected chi connectivity index (χ3v) is 4.99. The van der Waals surface area contributed by atoms with Crippen LogP contribution in [-0.4, -0.2) is 39.4 Å². The number of H-pyrrole nitrogens is 1. The predicted molar refractivity (Wildman–Crippen MR) is 110 cm³/mol. The number of allylic oxidation sites excluding steroid dienone is 2. The van der Waals surface area contributed by atoms with Crippen molar-refractivity contribution in [1.82, 2.24) is 9.55 Å². The number of rotatable bonds is 11. The Kier molecular flexibility index (Phi) is 9.08. The molecule has 160 valence electrons. The van der Waals surface area contributed by atoms with Crippen LogP contribution in [0.1, 0.15) is 47.5 Å². The normalized spacial score (nSPS) is 15.1. The van der Waals surface area contributed by atoms with E-state index >= 15 is 0 Å². The molecule has 1 aromatic rings. The maximum absolute atomic E-state index is 12.0. The fraction of sp³-hybridized carbons (Fsp3) is 0.684. The van der Waals surface area contributed by atoms with E-state index < -0.39 is 18.8 Å². The summed E-state index contributed by atoms with van der Waals surface area (Å²) in [6.07, 6.45) is 5.70. The van der Waals surface area contributed by atoms with Crippen molar-refractivity contribution in [2.75, 3.05) is 19.4 Å². The Bertz CT molecular complexity index is 804. The molecule has 0 aliphatic carbocycles. The fourth-order valence-electron chi connectivity index (χ4n) is 2.98. The van der Waals surface area contributed by atoms with E-state index in [4.69, 9.17) is 9.26 Å². The van der Waals surface area contributed by atoms with Crippen LogP contribution in [0.15, 0.2) is 34.0 Å². The lowest BCUT2D eigenvalue weighted by atomic mass is 9.84. The Morgan fingerprint density at radius 2 is 1.86 bits per heavy atom. The number of aromatic nitrogens is 2. The van der Waals surface area contributed by atoms with E-state index in [0.717, 1.165) is 6.42 Å². The van der Waals surface area contributed by atoms with Crippen LogP contribution >= 0.6 is 7.60 Å². The minimum absolute atomic E-state index is 0.132. The number of hydrogen-bond donors (Lipinski definition) is 2. The van der Waals surface area contributed by atoms with Gasteiger partial charge in [-0.25, -0.2) is 4.79 Å². The van der Waals surface area contributed by atoms with Crippen LogP contribution in [0.25, 0.3) is 0 Å². The molecule has 0 bridgehead atoms. The van der Waals surface area contributed by atoms with Crippen LogP contribution in [0.3, 0.4) is 0 Å². The molecule has 0 aromatic carbocycles. The van der Waals surface area contributed by atoms with Gasteiger partial charge < -0.3 is 14.2 Å². The van der Waals surface area contributed by atoms with Crippen LogP contribution in [0.5, 0.6) is 0 Å². The van der Waals surface area contributed by atoms with Crippen molar-refractivity contribution in [3.8, 4) is 0 Å². The van der Waals surface area contributed by atoms with Crippen LogP contribution in [-0.2, 0) is 20.4 Å². The smallest absolute Gasteiger partial charge is 0.331 e. The SMILES string of the molecule is CC(C)(C)CC(C)(C)OCCCOP(=O)(O)CC=CCn1ccc(=O)[nH]c1=O. The highest BCUT2D eigenvalue weighted by Crippen LogP contribution is 2.41.